The Morgan fingerprint density at radius 1 is 1.21 bits per heavy atom. The average molecular weight is 189 g/mol. The molecule has 0 aliphatic heterocycles. The summed E-state index contributed by atoms with van der Waals surface area (Å²) in [5.74, 6) is -0.414. The van der Waals surface area contributed by atoms with Crippen molar-refractivity contribution in [1.82, 2.24) is 0 Å². The fraction of sp³-hybridized carbons (Fsp3) is 0.250. The van der Waals surface area contributed by atoms with Crippen LogP contribution in [-0.4, -0.2) is 5.91 Å². The second-order valence-electron chi connectivity index (χ2n) is 3.46. The Kier molecular flexibility index (Phi) is 3.07. The van der Waals surface area contributed by atoms with Crippen LogP contribution in [0.25, 0.3) is 6.08 Å². The highest BCUT2D eigenvalue weighted by Crippen LogP contribution is 2.17. The van der Waals surface area contributed by atoms with Gasteiger partial charge in [0.1, 0.15) is 0 Å². The highest BCUT2D eigenvalue weighted by atomic mass is 16.1. The van der Waals surface area contributed by atoms with E-state index in [2.05, 4.69) is 13.8 Å². The molecule has 2 N–H and O–H groups in total. The minimum atomic E-state index is -0.414. The number of hydrogen-bond donors (Lipinski definition) is 1. The van der Waals surface area contributed by atoms with Crippen LogP contribution in [0, 0.1) is 20.8 Å². The van der Waals surface area contributed by atoms with E-state index in [0.29, 0.717) is 0 Å². The molecular weight excluding hydrogens is 174 g/mol. The van der Waals surface area contributed by atoms with Crippen LogP contribution in [0.1, 0.15) is 22.3 Å². The van der Waals surface area contributed by atoms with Crippen LogP contribution in [0.5, 0.6) is 0 Å². The third kappa shape index (κ3) is 2.22. The maximum Gasteiger partial charge on any atom is 0.241 e. The Labute approximate surface area is 84.4 Å². The van der Waals surface area contributed by atoms with E-state index in [-0.39, 0.29) is 0 Å². The van der Waals surface area contributed by atoms with Crippen LogP contribution < -0.4 is 5.73 Å². The van der Waals surface area contributed by atoms with Gasteiger partial charge in [0.2, 0.25) is 5.91 Å². The van der Waals surface area contributed by atoms with Crippen molar-refractivity contribution in [3.05, 3.63) is 40.5 Å². The molecule has 0 spiro atoms. The fourth-order valence-electron chi connectivity index (χ4n) is 1.33. The molecule has 1 rings (SSSR count). The van der Waals surface area contributed by atoms with Crippen molar-refractivity contribution >= 4 is 12.0 Å². The summed E-state index contributed by atoms with van der Waals surface area (Å²) in [5.41, 5.74) is 9.80. The largest absolute Gasteiger partial charge is 0.366 e. The lowest BCUT2D eigenvalue weighted by Gasteiger charge is -2.07. The highest BCUT2D eigenvalue weighted by molar-refractivity contribution is 5.90. The van der Waals surface area contributed by atoms with Crippen molar-refractivity contribution < 1.29 is 4.79 Å². The topological polar surface area (TPSA) is 43.1 Å². The van der Waals surface area contributed by atoms with Gasteiger partial charge in [-0.1, -0.05) is 12.1 Å². The van der Waals surface area contributed by atoms with Crippen molar-refractivity contribution in [3.8, 4) is 0 Å². The van der Waals surface area contributed by atoms with Gasteiger partial charge in [-0.15, -0.1) is 0 Å². The molecule has 0 bridgehead atoms. The Bertz CT molecular complexity index is 392. The minimum absolute atomic E-state index is 0.414. The van der Waals surface area contributed by atoms with Crippen molar-refractivity contribution in [2.45, 2.75) is 20.8 Å². The van der Waals surface area contributed by atoms with Gasteiger partial charge in [-0.3, -0.25) is 4.79 Å². The molecule has 0 saturated carbocycles. The van der Waals surface area contributed by atoms with Gasteiger partial charge in [0.15, 0.2) is 0 Å². The molecule has 14 heavy (non-hydrogen) atoms. The van der Waals surface area contributed by atoms with Crippen molar-refractivity contribution in [2.75, 3.05) is 0 Å². The molecule has 2 heteroatoms. The lowest BCUT2D eigenvalue weighted by Crippen LogP contribution is -2.05. The lowest BCUT2D eigenvalue weighted by molar-refractivity contribution is -0.113. The Hall–Kier alpha value is -1.57. The molecule has 0 atom stereocenters. The van der Waals surface area contributed by atoms with Crippen LogP contribution in [-0.2, 0) is 4.79 Å². The van der Waals surface area contributed by atoms with Crippen LogP contribution in [0.4, 0.5) is 0 Å². The molecule has 74 valence electrons. The number of rotatable bonds is 2. The third-order valence-corrected chi connectivity index (χ3v) is 2.53. The first-order chi connectivity index (χ1) is 6.52. The summed E-state index contributed by atoms with van der Waals surface area (Å²) in [7, 11) is 0. The Balaban J connectivity index is 3.12. The van der Waals surface area contributed by atoms with Gasteiger partial charge < -0.3 is 5.73 Å². The summed E-state index contributed by atoms with van der Waals surface area (Å²) in [6, 6.07) is 4.04. The summed E-state index contributed by atoms with van der Waals surface area (Å²) >= 11 is 0. The Morgan fingerprint density at radius 2 is 1.86 bits per heavy atom. The zero-order valence-electron chi connectivity index (χ0n) is 8.79. The van der Waals surface area contributed by atoms with Gasteiger partial charge in [-0.2, -0.15) is 0 Å². The third-order valence-electron chi connectivity index (χ3n) is 2.53. The van der Waals surface area contributed by atoms with Crippen molar-refractivity contribution in [2.24, 2.45) is 5.73 Å². The standard InChI is InChI=1S/C12H15NO/c1-8-4-5-11(6-7-12(13)14)10(3)9(8)2/h4-7H,1-3H3,(H2,13,14). The predicted octanol–water partition coefficient (Wildman–Crippen LogP) is 2.11. The molecule has 1 aromatic carbocycles. The maximum atomic E-state index is 10.6. The summed E-state index contributed by atoms with van der Waals surface area (Å²) in [4.78, 5) is 10.6. The zero-order valence-corrected chi connectivity index (χ0v) is 8.79. The van der Waals surface area contributed by atoms with Crippen LogP contribution in [0.2, 0.25) is 0 Å². The van der Waals surface area contributed by atoms with Gasteiger partial charge in [0.25, 0.3) is 0 Å². The molecule has 0 heterocycles. The zero-order chi connectivity index (χ0) is 10.7. The van der Waals surface area contributed by atoms with E-state index in [1.54, 1.807) is 6.08 Å². The number of primary amides is 1. The first-order valence-corrected chi connectivity index (χ1v) is 4.56. The van der Waals surface area contributed by atoms with Crippen molar-refractivity contribution in [3.63, 3.8) is 0 Å². The number of carbonyl (C=O) groups excluding carboxylic acids is 1. The predicted molar refractivity (Wildman–Crippen MR) is 58.9 cm³/mol. The Morgan fingerprint density at radius 3 is 2.43 bits per heavy atom. The first-order valence-electron chi connectivity index (χ1n) is 4.56. The smallest absolute Gasteiger partial charge is 0.241 e. The molecule has 0 aromatic heterocycles. The van der Waals surface area contributed by atoms with Gasteiger partial charge in [0.05, 0.1) is 0 Å². The normalized spacial score (nSPS) is 10.8. The quantitative estimate of drug-likeness (QED) is 0.711. The number of carbonyl (C=O) groups is 1. The van der Waals surface area contributed by atoms with Crippen LogP contribution in [0.3, 0.4) is 0 Å². The summed E-state index contributed by atoms with van der Waals surface area (Å²) in [6.07, 6.45) is 3.14. The maximum absolute atomic E-state index is 10.6. The molecule has 0 aliphatic carbocycles. The molecule has 1 amide bonds. The second-order valence-corrected chi connectivity index (χ2v) is 3.46. The summed E-state index contributed by atoms with van der Waals surface area (Å²) < 4.78 is 0. The molecule has 0 aliphatic rings. The van der Waals surface area contributed by atoms with E-state index in [1.165, 1.54) is 22.8 Å². The van der Waals surface area contributed by atoms with Gasteiger partial charge in [-0.25, -0.2) is 0 Å². The van der Waals surface area contributed by atoms with E-state index in [4.69, 9.17) is 5.73 Å². The molecule has 0 unspecified atom stereocenters. The fourth-order valence-corrected chi connectivity index (χ4v) is 1.33. The van der Waals surface area contributed by atoms with E-state index in [0.717, 1.165) is 5.56 Å². The lowest BCUT2D eigenvalue weighted by atomic mass is 9.99. The number of amides is 1. The summed E-state index contributed by atoms with van der Waals surface area (Å²) in [6.45, 7) is 6.19. The van der Waals surface area contributed by atoms with Crippen LogP contribution in [0.15, 0.2) is 18.2 Å². The molecule has 2 nitrogen and oxygen atoms in total. The monoisotopic (exact) mass is 189 g/mol. The number of benzene rings is 1. The molecule has 1 aromatic rings. The summed E-state index contributed by atoms with van der Waals surface area (Å²) in [5, 5.41) is 0. The molecule has 0 radical (unpaired) electrons. The van der Waals surface area contributed by atoms with E-state index in [9.17, 15) is 4.79 Å². The van der Waals surface area contributed by atoms with Gasteiger partial charge >= 0.3 is 0 Å². The first kappa shape index (κ1) is 10.5. The highest BCUT2D eigenvalue weighted by Gasteiger charge is 2.00. The SMILES string of the molecule is Cc1ccc(C=CC(N)=O)c(C)c1C. The number of nitrogens with two attached hydrogens (primary N) is 1. The van der Waals surface area contributed by atoms with Crippen LogP contribution >= 0.6 is 0 Å². The average Bonchev–Trinajstić information content (AvgIpc) is 2.13. The molecule has 0 saturated heterocycles. The van der Waals surface area contributed by atoms with Crippen molar-refractivity contribution in [1.29, 1.82) is 0 Å². The van der Waals surface area contributed by atoms with E-state index in [1.807, 2.05) is 19.1 Å². The second kappa shape index (κ2) is 4.09. The van der Waals surface area contributed by atoms with Gasteiger partial charge in [-0.05, 0) is 49.1 Å². The van der Waals surface area contributed by atoms with E-state index >= 15 is 0 Å². The number of hydrogen-bond acceptors (Lipinski definition) is 1. The number of aryl methyl sites for hydroxylation is 1. The van der Waals surface area contributed by atoms with E-state index < -0.39 is 5.91 Å². The minimum Gasteiger partial charge on any atom is -0.366 e. The molecular formula is C12H15NO. The molecule has 0 fully saturated rings. The van der Waals surface area contributed by atoms with Gasteiger partial charge in [0, 0.05) is 6.08 Å².